The van der Waals surface area contributed by atoms with Gasteiger partial charge >= 0.3 is 0 Å². The fourth-order valence-corrected chi connectivity index (χ4v) is 3.06. The van der Waals surface area contributed by atoms with Crippen LogP contribution in [0.1, 0.15) is 11.1 Å². The Morgan fingerprint density at radius 1 is 0.875 bits per heavy atom. The molecule has 0 aliphatic carbocycles. The monoisotopic (exact) mass is 437 g/mol. The Kier molecular flexibility index (Phi) is 7.21. The van der Waals surface area contributed by atoms with Crippen LogP contribution >= 0.6 is 0 Å². The second-order valence-corrected chi connectivity index (χ2v) is 7.15. The van der Waals surface area contributed by atoms with Crippen LogP contribution in [-0.4, -0.2) is 38.9 Å². The smallest absolute Gasteiger partial charge is 0.247 e. The number of imidazole rings is 1. The number of nitrogen functional groups attached to an aromatic ring is 1. The van der Waals surface area contributed by atoms with Crippen LogP contribution in [0.5, 0.6) is 5.88 Å². The Balaban J connectivity index is 1.30. The van der Waals surface area contributed by atoms with Crippen LogP contribution in [0.15, 0.2) is 67.0 Å². The van der Waals surface area contributed by atoms with Crippen molar-refractivity contribution in [3.05, 3.63) is 78.1 Å². The van der Waals surface area contributed by atoms with Gasteiger partial charge in [0.05, 0.1) is 26.1 Å². The number of halogens is 1. The van der Waals surface area contributed by atoms with Crippen LogP contribution in [0, 0.1) is 0 Å². The largest absolute Gasteiger partial charge is 0.471 e. The fraction of sp³-hybridized carbons (Fsp3) is 0.261. The average molecular weight is 437 g/mol. The molecule has 1 atom stereocenters. The summed E-state index contributed by atoms with van der Waals surface area (Å²) in [7, 11) is 0. The number of ether oxygens (including phenoxy) is 3. The molecule has 2 aromatic carbocycles. The molecule has 0 aliphatic heterocycles. The molecule has 0 radical (unpaired) electrons. The first kappa shape index (κ1) is 21.7. The summed E-state index contributed by atoms with van der Waals surface area (Å²) < 4.78 is 32.4. The lowest BCUT2D eigenvalue weighted by Crippen LogP contribution is -2.18. The van der Waals surface area contributed by atoms with E-state index in [2.05, 4.69) is 15.0 Å². The summed E-state index contributed by atoms with van der Waals surface area (Å²) in [6.45, 7) is 0.570. The number of rotatable bonds is 11. The molecule has 2 aromatic heterocycles. The second-order valence-electron chi connectivity index (χ2n) is 7.15. The van der Waals surface area contributed by atoms with Gasteiger partial charge in [0.25, 0.3) is 0 Å². The summed E-state index contributed by atoms with van der Waals surface area (Å²) >= 11 is 0. The Labute approximate surface area is 184 Å². The molecule has 2 N–H and O–H groups in total. The van der Waals surface area contributed by atoms with Gasteiger partial charge < -0.3 is 19.9 Å². The lowest BCUT2D eigenvalue weighted by atomic mass is 10.2. The molecule has 0 saturated carbocycles. The lowest BCUT2D eigenvalue weighted by Gasteiger charge is -2.11. The first-order valence-electron chi connectivity index (χ1n) is 10.2. The zero-order valence-electron chi connectivity index (χ0n) is 17.4. The van der Waals surface area contributed by atoms with E-state index in [1.807, 2.05) is 60.7 Å². The van der Waals surface area contributed by atoms with E-state index < -0.39 is 6.17 Å². The summed E-state index contributed by atoms with van der Waals surface area (Å²) in [6.07, 6.45) is 0.283. The predicted molar refractivity (Wildman–Crippen MR) is 117 cm³/mol. The minimum Gasteiger partial charge on any atom is -0.471 e. The number of nitrogens with zero attached hydrogens (tertiary/aromatic N) is 4. The molecule has 0 fully saturated rings. The maximum atomic E-state index is 14.1. The van der Waals surface area contributed by atoms with Crippen molar-refractivity contribution in [3.63, 3.8) is 0 Å². The maximum absolute atomic E-state index is 14.1. The van der Waals surface area contributed by atoms with Crippen molar-refractivity contribution in [1.82, 2.24) is 19.5 Å². The number of nitrogens with two attached hydrogens (primary N) is 1. The molecule has 0 saturated heterocycles. The van der Waals surface area contributed by atoms with E-state index in [0.29, 0.717) is 24.4 Å². The third-order valence-corrected chi connectivity index (χ3v) is 4.61. The third-order valence-electron chi connectivity index (χ3n) is 4.61. The van der Waals surface area contributed by atoms with Gasteiger partial charge in [0.1, 0.15) is 19.5 Å². The van der Waals surface area contributed by atoms with Crippen molar-refractivity contribution in [3.8, 4) is 5.88 Å². The van der Waals surface area contributed by atoms with E-state index >= 15 is 0 Å². The van der Waals surface area contributed by atoms with E-state index in [1.165, 1.54) is 6.33 Å². The van der Waals surface area contributed by atoms with Crippen molar-refractivity contribution >= 4 is 17.1 Å². The van der Waals surface area contributed by atoms with Crippen molar-refractivity contribution in [2.45, 2.75) is 26.1 Å². The summed E-state index contributed by atoms with van der Waals surface area (Å²) in [5, 5.41) is 0. The van der Waals surface area contributed by atoms with Gasteiger partial charge in [-0.1, -0.05) is 60.7 Å². The quantitative estimate of drug-likeness (QED) is 0.383. The van der Waals surface area contributed by atoms with Gasteiger partial charge in [0.2, 0.25) is 11.8 Å². The van der Waals surface area contributed by atoms with Gasteiger partial charge in [-0.3, -0.25) is 4.57 Å². The molecule has 0 aliphatic rings. The molecule has 0 spiro atoms. The van der Waals surface area contributed by atoms with Crippen LogP contribution in [0.25, 0.3) is 11.2 Å². The molecule has 1 unspecified atom stereocenters. The van der Waals surface area contributed by atoms with Crippen molar-refractivity contribution in [2.75, 3.05) is 18.9 Å². The van der Waals surface area contributed by atoms with Gasteiger partial charge in [-0.2, -0.15) is 9.97 Å². The molecule has 4 rings (SSSR count). The number of benzene rings is 2. The zero-order chi connectivity index (χ0) is 22.2. The summed E-state index contributed by atoms with van der Waals surface area (Å²) in [6, 6.07) is 19.3. The van der Waals surface area contributed by atoms with E-state index in [-0.39, 0.29) is 31.8 Å². The Bertz CT molecular complexity index is 1120. The maximum Gasteiger partial charge on any atom is 0.247 e. The van der Waals surface area contributed by atoms with Gasteiger partial charge in [-0.25, -0.2) is 9.37 Å². The van der Waals surface area contributed by atoms with Gasteiger partial charge in [0, 0.05) is 0 Å². The third kappa shape index (κ3) is 5.77. The summed E-state index contributed by atoms with van der Waals surface area (Å²) in [5.74, 6) is 0.341. The number of aromatic nitrogens is 4. The molecule has 166 valence electrons. The van der Waals surface area contributed by atoms with Crippen LogP contribution in [-0.2, 0) is 29.4 Å². The molecule has 2 heterocycles. The Morgan fingerprint density at radius 3 is 2.25 bits per heavy atom. The molecular formula is C23H24FN5O3. The number of alkyl halides is 1. The first-order chi connectivity index (χ1) is 15.7. The Morgan fingerprint density at radius 2 is 1.53 bits per heavy atom. The van der Waals surface area contributed by atoms with Crippen molar-refractivity contribution < 1.29 is 18.6 Å². The van der Waals surface area contributed by atoms with Gasteiger partial charge in [-0.15, -0.1) is 0 Å². The average Bonchev–Trinajstić information content (AvgIpc) is 3.21. The lowest BCUT2D eigenvalue weighted by molar-refractivity contribution is -0.00406. The fourth-order valence-electron chi connectivity index (χ4n) is 3.06. The van der Waals surface area contributed by atoms with E-state index in [0.717, 1.165) is 11.1 Å². The molecule has 8 nitrogen and oxygen atoms in total. The number of fused-ring (bicyclic) bond motifs is 1. The highest BCUT2D eigenvalue weighted by Gasteiger charge is 2.15. The molecule has 9 heteroatoms. The standard InChI is InChI=1S/C23H24FN5O3/c24-19(13-30-11-17-7-3-1-4-8-17)14-31-16-29-15-26-20-21(29)27-23(25)28-22(20)32-12-18-9-5-2-6-10-18/h1-10,15,19H,11-14,16H2,(H2,25,27,28). The molecular weight excluding hydrogens is 413 g/mol. The summed E-state index contributed by atoms with van der Waals surface area (Å²) in [4.78, 5) is 12.7. The van der Waals surface area contributed by atoms with Crippen LogP contribution in [0.2, 0.25) is 0 Å². The minimum absolute atomic E-state index is 0.0494. The topological polar surface area (TPSA) is 97.3 Å². The Hall–Kier alpha value is -3.56. The molecule has 32 heavy (non-hydrogen) atoms. The highest BCUT2D eigenvalue weighted by molar-refractivity contribution is 5.77. The number of anilines is 1. The minimum atomic E-state index is -1.25. The normalized spacial score (nSPS) is 12.2. The number of hydrogen-bond acceptors (Lipinski definition) is 7. The molecule has 4 aromatic rings. The van der Waals surface area contributed by atoms with Crippen LogP contribution < -0.4 is 10.5 Å². The van der Waals surface area contributed by atoms with Crippen LogP contribution in [0.4, 0.5) is 10.3 Å². The molecule has 0 bridgehead atoms. The summed E-state index contributed by atoms with van der Waals surface area (Å²) in [5.41, 5.74) is 8.74. The zero-order valence-corrected chi connectivity index (χ0v) is 17.4. The van der Waals surface area contributed by atoms with Gasteiger partial charge in [0.15, 0.2) is 11.2 Å². The van der Waals surface area contributed by atoms with Crippen LogP contribution in [0.3, 0.4) is 0 Å². The predicted octanol–water partition coefficient (Wildman–Crippen LogP) is 3.52. The van der Waals surface area contributed by atoms with Crippen molar-refractivity contribution in [1.29, 1.82) is 0 Å². The molecule has 0 amide bonds. The van der Waals surface area contributed by atoms with Gasteiger partial charge in [-0.05, 0) is 11.1 Å². The van der Waals surface area contributed by atoms with E-state index in [1.54, 1.807) is 4.57 Å². The highest BCUT2D eigenvalue weighted by Crippen LogP contribution is 2.23. The SMILES string of the molecule is Nc1nc(OCc2ccccc2)c2ncn(COCC(F)COCc3ccccc3)c2n1. The second kappa shape index (κ2) is 10.7. The van der Waals surface area contributed by atoms with Crippen molar-refractivity contribution in [2.24, 2.45) is 0 Å². The number of hydrogen-bond donors (Lipinski definition) is 1. The highest BCUT2D eigenvalue weighted by atomic mass is 19.1. The van der Waals surface area contributed by atoms with E-state index in [4.69, 9.17) is 19.9 Å². The van der Waals surface area contributed by atoms with E-state index in [9.17, 15) is 4.39 Å². The first-order valence-corrected chi connectivity index (χ1v) is 10.2.